The first-order chi connectivity index (χ1) is 14.4. The number of nitrogens with one attached hydrogen (secondary N) is 1. The van der Waals surface area contributed by atoms with Crippen LogP contribution in [0.4, 0.5) is 10.5 Å². The van der Waals surface area contributed by atoms with Crippen molar-refractivity contribution in [2.24, 2.45) is 4.99 Å². The van der Waals surface area contributed by atoms with Crippen LogP contribution in [-0.4, -0.2) is 30.9 Å². The second-order valence-electron chi connectivity index (χ2n) is 6.11. The predicted molar refractivity (Wildman–Crippen MR) is 118 cm³/mol. The lowest BCUT2D eigenvalue weighted by molar-refractivity contribution is -0.115. The van der Waals surface area contributed by atoms with E-state index in [4.69, 9.17) is 25.8 Å². The van der Waals surface area contributed by atoms with Crippen molar-refractivity contribution in [2.75, 3.05) is 13.7 Å². The van der Waals surface area contributed by atoms with Crippen LogP contribution >= 0.6 is 23.4 Å². The number of nitrogens with zero attached hydrogens (tertiary/aromatic N) is 1. The quantitative estimate of drug-likeness (QED) is 0.391. The van der Waals surface area contributed by atoms with Crippen LogP contribution in [0.15, 0.2) is 46.3 Å². The van der Waals surface area contributed by atoms with Crippen molar-refractivity contribution < 1.29 is 23.8 Å². The molecule has 9 heteroatoms. The molecule has 156 valence electrons. The Hall–Kier alpha value is -2.97. The van der Waals surface area contributed by atoms with Crippen LogP contribution in [0.2, 0.25) is 5.02 Å². The van der Waals surface area contributed by atoms with Crippen molar-refractivity contribution in [3.8, 4) is 11.5 Å². The van der Waals surface area contributed by atoms with Crippen LogP contribution in [0.1, 0.15) is 18.1 Å². The lowest BCUT2D eigenvalue weighted by atomic mass is 10.2. The molecule has 0 bridgehead atoms. The zero-order valence-electron chi connectivity index (χ0n) is 16.5. The minimum absolute atomic E-state index is 0.205. The van der Waals surface area contributed by atoms with E-state index >= 15 is 0 Å². The number of carbonyl (C=O) groups is 2. The summed E-state index contributed by atoms with van der Waals surface area (Å²) in [4.78, 5) is 28.8. The molecule has 0 aromatic heterocycles. The summed E-state index contributed by atoms with van der Waals surface area (Å²) in [5.74, 6) is 0.310. The third-order valence-corrected chi connectivity index (χ3v) is 5.12. The Balaban J connectivity index is 1.80. The summed E-state index contributed by atoms with van der Waals surface area (Å²) in [6.07, 6.45) is 0.888. The predicted octanol–water partition coefficient (Wildman–Crippen LogP) is 5.08. The SMILES string of the molecule is CCOC(=O)Oc1ccc(/C=C2\SC(=Nc3ccc(Cl)cc3C)NC2=O)cc1OC. The summed E-state index contributed by atoms with van der Waals surface area (Å²) in [6, 6.07) is 10.3. The summed E-state index contributed by atoms with van der Waals surface area (Å²) in [5.41, 5.74) is 2.33. The van der Waals surface area contributed by atoms with E-state index in [-0.39, 0.29) is 18.3 Å². The second-order valence-corrected chi connectivity index (χ2v) is 7.57. The molecule has 0 aliphatic carbocycles. The van der Waals surface area contributed by atoms with Crippen LogP contribution in [0, 0.1) is 6.92 Å². The molecule has 0 radical (unpaired) electrons. The fourth-order valence-corrected chi connectivity index (χ4v) is 3.64. The molecule has 0 saturated carbocycles. The Morgan fingerprint density at radius 3 is 2.73 bits per heavy atom. The zero-order chi connectivity index (χ0) is 21.7. The highest BCUT2D eigenvalue weighted by atomic mass is 35.5. The molecule has 30 heavy (non-hydrogen) atoms. The van der Waals surface area contributed by atoms with Crippen LogP contribution in [0.3, 0.4) is 0 Å². The fourth-order valence-electron chi connectivity index (χ4n) is 2.58. The van der Waals surface area contributed by atoms with Crippen LogP contribution in [0.25, 0.3) is 6.08 Å². The smallest absolute Gasteiger partial charge is 0.493 e. The summed E-state index contributed by atoms with van der Waals surface area (Å²) >= 11 is 7.20. The molecule has 1 saturated heterocycles. The molecule has 7 nitrogen and oxygen atoms in total. The van der Waals surface area contributed by atoms with Gasteiger partial charge in [-0.15, -0.1) is 0 Å². The number of ether oxygens (including phenoxy) is 3. The van der Waals surface area contributed by atoms with Gasteiger partial charge in [0.2, 0.25) is 0 Å². The van der Waals surface area contributed by atoms with Gasteiger partial charge in [-0.2, -0.15) is 0 Å². The number of aliphatic imine (C=N–C) groups is 1. The number of hydrogen-bond donors (Lipinski definition) is 1. The van der Waals surface area contributed by atoms with Crippen molar-refractivity contribution in [2.45, 2.75) is 13.8 Å². The Kier molecular flexibility index (Phi) is 7.02. The monoisotopic (exact) mass is 446 g/mol. The average Bonchev–Trinajstić information content (AvgIpc) is 3.04. The third-order valence-electron chi connectivity index (χ3n) is 3.97. The summed E-state index contributed by atoms with van der Waals surface area (Å²) < 4.78 is 15.1. The van der Waals surface area contributed by atoms with E-state index in [0.717, 1.165) is 11.3 Å². The molecule has 1 heterocycles. The summed E-state index contributed by atoms with van der Waals surface area (Å²) in [5, 5.41) is 3.86. The van der Waals surface area contributed by atoms with Gasteiger partial charge >= 0.3 is 6.16 Å². The number of amidine groups is 1. The van der Waals surface area contributed by atoms with Gasteiger partial charge < -0.3 is 19.5 Å². The largest absolute Gasteiger partial charge is 0.513 e. The highest BCUT2D eigenvalue weighted by Crippen LogP contribution is 2.33. The molecule has 0 atom stereocenters. The number of thioether (sulfide) groups is 1. The first-order valence-electron chi connectivity index (χ1n) is 8.98. The number of amides is 1. The number of halogens is 1. The maximum absolute atomic E-state index is 12.3. The van der Waals surface area contributed by atoms with E-state index in [2.05, 4.69) is 10.3 Å². The Bertz CT molecular complexity index is 1050. The second kappa shape index (κ2) is 9.69. The Morgan fingerprint density at radius 1 is 1.23 bits per heavy atom. The molecule has 1 amide bonds. The molecule has 2 aromatic rings. The highest BCUT2D eigenvalue weighted by molar-refractivity contribution is 8.18. The Morgan fingerprint density at radius 2 is 2.03 bits per heavy atom. The third kappa shape index (κ3) is 5.34. The van der Waals surface area contributed by atoms with Gasteiger partial charge in [0.05, 0.1) is 24.3 Å². The number of carbonyl (C=O) groups excluding carboxylic acids is 2. The van der Waals surface area contributed by atoms with E-state index in [0.29, 0.717) is 26.4 Å². The lowest BCUT2D eigenvalue weighted by Gasteiger charge is -2.09. The van der Waals surface area contributed by atoms with Crippen molar-refractivity contribution in [1.82, 2.24) is 5.32 Å². The molecule has 0 spiro atoms. The van der Waals surface area contributed by atoms with Crippen molar-refractivity contribution in [1.29, 1.82) is 0 Å². The lowest BCUT2D eigenvalue weighted by Crippen LogP contribution is -2.19. The van der Waals surface area contributed by atoms with Crippen LogP contribution in [-0.2, 0) is 9.53 Å². The molecular formula is C21H19ClN2O5S. The van der Waals surface area contributed by atoms with Crippen molar-refractivity contribution in [3.05, 3.63) is 57.5 Å². The van der Waals surface area contributed by atoms with E-state index in [1.54, 1.807) is 43.3 Å². The van der Waals surface area contributed by atoms with Gasteiger partial charge in [0, 0.05) is 5.02 Å². The number of aryl methyl sites for hydroxylation is 1. The summed E-state index contributed by atoms with van der Waals surface area (Å²) in [6.45, 7) is 3.79. The van der Waals surface area contributed by atoms with E-state index < -0.39 is 6.16 Å². The molecule has 2 aromatic carbocycles. The van der Waals surface area contributed by atoms with Gasteiger partial charge in [-0.3, -0.25) is 4.79 Å². The van der Waals surface area contributed by atoms with Gasteiger partial charge in [0.25, 0.3) is 5.91 Å². The topological polar surface area (TPSA) is 86.2 Å². The normalized spacial score (nSPS) is 15.9. The fraction of sp³-hybridized carbons (Fsp3) is 0.190. The molecule has 1 aliphatic rings. The number of hydrogen-bond acceptors (Lipinski definition) is 7. The maximum atomic E-state index is 12.3. The van der Waals surface area contributed by atoms with Gasteiger partial charge in [-0.25, -0.2) is 9.79 Å². The molecule has 3 rings (SSSR count). The van der Waals surface area contributed by atoms with Crippen molar-refractivity contribution in [3.63, 3.8) is 0 Å². The van der Waals surface area contributed by atoms with Gasteiger partial charge in [-0.1, -0.05) is 17.7 Å². The zero-order valence-corrected chi connectivity index (χ0v) is 18.1. The minimum atomic E-state index is -0.814. The molecule has 1 fully saturated rings. The molecule has 0 unspecified atom stereocenters. The summed E-state index contributed by atoms with van der Waals surface area (Å²) in [7, 11) is 1.46. The Labute approximate surface area is 183 Å². The minimum Gasteiger partial charge on any atom is -0.493 e. The number of benzene rings is 2. The van der Waals surface area contributed by atoms with Crippen LogP contribution < -0.4 is 14.8 Å². The standard InChI is InChI=1S/C21H19ClN2O5S/c1-4-28-21(26)29-16-8-5-13(10-17(16)27-3)11-18-19(25)24-20(30-18)23-15-7-6-14(22)9-12(15)2/h5-11H,4H2,1-3H3,(H,23,24,25)/b18-11-. The molecule has 1 aliphatic heterocycles. The molecular weight excluding hydrogens is 428 g/mol. The van der Waals surface area contributed by atoms with Crippen LogP contribution in [0.5, 0.6) is 11.5 Å². The van der Waals surface area contributed by atoms with Crippen molar-refractivity contribution >= 4 is 52.4 Å². The average molecular weight is 447 g/mol. The van der Waals surface area contributed by atoms with Gasteiger partial charge in [-0.05, 0) is 73.1 Å². The number of methoxy groups -OCH3 is 1. The maximum Gasteiger partial charge on any atom is 0.513 e. The molecule has 1 N–H and O–H groups in total. The van der Waals surface area contributed by atoms with Gasteiger partial charge in [0.15, 0.2) is 16.7 Å². The highest BCUT2D eigenvalue weighted by Gasteiger charge is 2.24. The van der Waals surface area contributed by atoms with E-state index in [1.165, 1.54) is 18.9 Å². The first-order valence-corrected chi connectivity index (χ1v) is 10.2. The first kappa shape index (κ1) is 21.7. The van der Waals surface area contributed by atoms with Gasteiger partial charge in [0.1, 0.15) is 0 Å². The van der Waals surface area contributed by atoms with E-state index in [1.807, 2.05) is 13.0 Å². The number of rotatable bonds is 5. The van der Waals surface area contributed by atoms with E-state index in [9.17, 15) is 9.59 Å².